The summed E-state index contributed by atoms with van der Waals surface area (Å²) in [6.45, 7) is 5.51. The zero-order chi connectivity index (χ0) is 25.1. The van der Waals surface area contributed by atoms with Gasteiger partial charge in [-0.2, -0.15) is 0 Å². The van der Waals surface area contributed by atoms with Gasteiger partial charge in [0.2, 0.25) is 0 Å². The van der Waals surface area contributed by atoms with Gasteiger partial charge in [0.1, 0.15) is 0 Å². The van der Waals surface area contributed by atoms with E-state index in [4.69, 9.17) is 17.0 Å². The maximum atomic E-state index is 4.93. The summed E-state index contributed by atoms with van der Waals surface area (Å²) in [4.78, 5) is 0. The Morgan fingerprint density at radius 1 is 0.605 bits per heavy atom. The van der Waals surface area contributed by atoms with Crippen LogP contribution < -0.4 is 0 Å². The van der Waals surface area contributed by atoms with E-state index in [2.05, 4.69) is 122 Å². The van der Waals surface area contributed by atoms with Crippen LogP contribution in [-0.2, 0) is 20.8 Å². The monoisotopic (exact) mass is 638 g/mol. The molecule has 0 aromatic heterocycles. The van der Waals surface area contributed by atoms with Crippen molar-refractivity contribution in [3.8, 4) is 0 Å². The Morgan fingerprint density at radius 3 is 1.32 bits per heavy atom. The first-order chi connectivity index (χ1) is 17.6. The SMILES string of the molecule is C[Si](C)(C1CC2C=CC=CC2C1c1ccccc1)C1CC2C=CC=CC2C1c1ccccc1.[CH3-].[CH3-].[Cl][Zr+2][Cl]. The van der Waals surface area contributed by atoms with Crippen molar-refractivity contribution in [1.29, 1.82) is 0 Å². The number of hydrogen-bond acceptors (Lipinski definition) is 0. The van der Waals surface area contributed by atoms with Gasteiger partial charge in [-0.1, -0.05) is 122 Å². The zero-order valence-electron chi connectivity index (χ0n) is 23.2. The zero-order valence-corrected chi connectivity index (χ0v) is 28.2. The summed E-state index contributed by atoms with van der Waals surface area (Å²) in [6.07, 6.45) is 22.0. The number of fused-ring (bicyclic) bond motifs is 2. The third kappa shape index (κ3) is 6.20. The van der Waals surface area contributed by atoms with Crippen LogP contribution in [0.2, 0.25) is 24.2 Å². The minimum absolute atomic E-state index is 0. The van der Waals surface area contributed by atoms with Crippen LogP contribution in [0.3, 0.4) is 0 Å². The molecule has 4 aliphatic rings. The van der Waals surface area contributed by atoms with Gasteiger partial charge in [0.05, 0.1) is 8.07 Å². The summed E-state index contributed by atoms with van der Waals surface area (Å²) in [5, 5.41) is 0. The second-order valence-electron chi connectivity index (χ2n) is 11.5. The summed E-state index contributed by atoms with van der Waals surface area (Å²) in [5.74, 6) is 4.04. The van der Waals surface area contributed by atoms with Crippen LogP contribution in [-0.4, -0.2) is 8.07 Å². The molecular formula is C34H42Cl2SiZr. The number of benzene rings is 2. The van der Waals surface area contributed by atoms with E-state index in [1.165, 1.54) is 12.8 Å². The second-order valence-corrected chi connectivity index (χ2v) is 20.3. The van der Waals surface area contributed by atoms with Crippen molar-refractivity contribution in [3.63, 3.8) is 0 Å². The van der Waals surface area contributed by atoms with Gasteiger partial charge >= 0.3 is 37.9 Å². The van der Waals surface area contributed by atoms with Crippen LogP contribution in [0.1, 0.15) is 35.8 Å². The maximum absolute atomic E-state index is 4.93. The van der Waals surface area contributed by atoms with Crippen LogP contribution in [0.25, 0.3) is 0 Å². The van der Waals surface area contributed by atoms with Gasteiger partial charge in [0.15, 0.2) is 0 Å². The second kappa shape index (κ2) is 14.1. The van der Waals surface area contributed by atoms with Crippen LogP contribution >= 0.6 is 17.0 Å². The minimum atomic E-state index is -1.64. The number of allylic oxidation sites excluding steroid dienone is 8. The normalized spacial score (nSPS) is 32.1. The van der Waals surface area contributed by atoms with E-state index in [-0.39, 0.29) is 14.9 Å². The fourth-order valence-corrected chi connectivity index (χ4v) is 13.1. The molecule has 8 atom stereocenters. The molecule has 2 aromatic carbocycles. The number of hydrogen-bond donors (Lipinski definition) is 0. The van der Waals surface area contributed by atoms with E-state index in [1.807, 2.05) is 0 Å². The van der Waals surface area contributed by atoms with Gasteiger partial charge in [0, 0.05) is 0 Å². The van der Waals surface area contributed by atoms with Gasteiger partial charge in [-0.05, 0) is 70.6 Å². The first-order valence-corrected chi connectivity index (χ1v) is 22.8. The molecule has 2 fully saturated rings. The van der Waals surface area contributed by atoms with Crippen LogP contribution in [0.5, 0.6) is 0 Å². The fourth-order valence-electron chi connectivity index (χ4n) is 8.07. The molecule has 8 unspecified atom stereocenters. The predicted molar refractivity (Wildman–Crippen MR) is 168 cm³/mol. The summed E-state index contributed by atoms with van der Waals surface area (Å²) in [6, 6.07) is 23.0. The van der Waals surface area contributed by atoms with Crippen molar-refractivity contribution in [2.75, 3.05) is 0 Å². The summed E-state index contributed by atoms with van der Waals surface area (Å²) in [5.41, 5.74) is 4.77. The van der Waals surface area contributed by atoms with E-state index in [0.717, 1.165) is 11.1 Å². The Morgan fingerprint density at radius 2 is 0.947 bits per heavy atom. The molecule has 4 aliphatic carbocycles. The summed E-state index contributed by atoms with van der Waals surface area (Å²) >= 11 is -0.826. The van der Waals surface area contributed by atoms with Crippen LogP contribution in [0.4, 0.5) is 0 Å². The molecule has 200 valence electrons. The average Bonchev–Trinajstić information content (AvgIpc) is 3.50. The van der Waals surface area contributed by atoms with Crippen molar-refractivity contribution in [2.45, 2.75) is 48.9 Å². The Kier molecular flexibility index (Phi) is 11.7. The van der Waals surface area contributed by atoms with E-state index in [9.17, 15) is 0 Å². The van der Waals surface area contributed by atoms with Crippen molar-refractivity contribution in [1.82, 2.24) is 0 Å². The third-order valence-corrected chi connectivity index (χ3v) is 14.6. The first kappa shape index (κ1) is 31.6. The molecule has 2 saturated carbocycles. The molecule has 0 N–H and O–H groups in total. The molecule has 38 heavy (non-hydrogen) atoms. The molecular weight excluding hydrogens is 599 g/mol. The Bertz CT molecular complexity index is 1040. The van der Waals surface area contributed by atoms with Gasteiger partial charge in [-0.15, -0.1) is 0 Å². The Balaban J connectivity index is 0.000000766. The van der Waals surface area contributed by atoms with Crippen molar-refractivity contribution in [2.24, 2.45) is 23.7 Å². The van der Waals surface area contributed by atoms with E-state index < -0.39 is 28.9 Å². The standard InChI is InChI=1S/C32H36Si.2CH3.2ClH.Zr/c1-33(2,29-21-25-17-9-11-19-27(25)31(29)23-13-5-3-6-14-23)30-22-26-18-10-12-20-28(26)32(30)24-15-7-4-8-16-24;;;;;/h3-20,25-32H,21-22H2,1-2H3;2*1H3;2*1H;/q;2*-1;;;+4/p-2. The summed E-state index contributed by atoms with van der Waals surface area (Å²) in [7, 11) is 8.23. The molecule has 0 saturated heterocycles. The average molecular weight is 641 g/mol. The molecule has 4 heteroatoms. The van der Waals surface area contributed by atoms with Gasteiger partial charge < -0.3 is 14.9 Å². The van der Waals surface area contributed by atoms with Crippen molar-refractivity contribution < 1.29 is 20.8 Å². The fraction of sp³-hybridized carbons (Fsp3) is 0.353. The molecule has 0 bridgehead atoms. The van der Waals surface area contributed by atoms with Crippen molar-refractivity contribution in [3.05, 3.63) is 135 Å². The summed E-state index contributed by atoms with van der Waals surface area (Å²) < 4.78 is 0. The van der Waals surface area contributed by atoms with E-state index in [0.29, 0.717) is 35.5 Å². The van der Waals surface area contributed by atoms with Gasteiger partial charge in [0.25, 0.3) is 0 Å². The molecule has 2 aromatic rings. The Hall–Kier alpha value is -0.920. The topological polar surface area (TPSA) is 0 Å². The van der Waals surface area contributed by atoms with Gasteiger partial charge in [-0.3, -0.25) is 0 Å². The van der Waals surface area contributed by atoms with Crippen LogP contribution in [0.15, 0.2) is 109 Å². The quantitative estimate of drug-likeness (QED) is 0.230. The number of halogens is 2. The molecule has 6 rings (SSSR count). The number of rotatable bonds is 4. The first-order valence-electron chi connectivity index (χ1n) is 13.3. The van der Waals surface area contributed by atoms with E-state index >= 15 is 0 Å². The molecule has 0 radical (unpaired) electrons. The molecule has 0 amide bonds. The predicted octanol–water partition coefficient (Wildman–Crippen LogP) is 10.8. The van der Waals surface area contributed by atoms with Crippen molar-refractivity contribution >= 4 is 25.1 Å². The molecule has 0 heterocycles. The Labute approximate surface area is 252 Å². The molecule has 0 aliphatic heterocycles. The van der Waals surface area contributed by atoms with E-state index in [1.54, 1.807) is 11.1 Å². The third-order valence-electron chi connectivity index (χ3n) is 9.62. The molecule has 0 spiro atoms. The van der Waals surface area contributed by atoms with Crippen LogP contribution in [0, 0.1) is 38.5 Å². The van der Waals surface area contributed by atoms with Gasteiger partial charge in [-0.25, -0.2) is 0 Å². The molecule has 0 nitrogen and oxygen atoms in total.